The van der Waals surface area contributed by atoms with E-state index in [0.717, 1.165) is 0 Å². The summed E-state index contributed by atoms with van der Waals surface area (Å²) in [5, 5.41) is 9.32. The Kier molecular flexibility index (Phi) is 4.64. The zero-order valence-electron chi connectivity index (χ0n) is 11.4. The molecule has 0 unspecified atom stereocenters. The fourth-order valence-electron chi connectivity index (χ4n) is 1.80. The van der Waals surface area contributed by atoms with Crippen LogP contribution in [0.25, 0.3) is 0 Å². The first-order chi connectivity index (χ1) is 9.85. The zero-order valence-corrected chi connectivity index (χ0v) is 13.8. The predicted octanol–water partition coefficient (Wildman–Crippen LogP) is 2.14. The average molecular weight is 377 g/mol. The third-order valence-corrected chi connectivity index (χ3v) is 4.77. The molecule has 2 aromatic rings. The number of sulfonamides is 1. The number of aromatic nitrogens is 2. The normalized spacial score (nSPS) is 11.6. The van der Waals surface area contributed by atoms with Crippen LogP contribution in [0.5, 0.6) is 0 Å². The van der Waals surface area contributed by atoms with Gasteiger partial charge in [0.15, 0.2) is 0 Å². The maximum absolute atomic E-state index is 13.2. The fourth-order valence-corrected chi connectivity index (χ4v) is 3.43. The summed E-state index contributed by atoms with van der Waals surface area (Å²) in [7, 11) is -2.13. The Bertz CT molecular complexity index is 761. The van der Waals surface area contributed by atoms with Gasteiger partial charge in [0, 0.05) is 17.8 Å². The minimum atomic E-state index is -3.85. The Labute approximate surface area is 130 Å². The van der Waals surface area contributed by atoms with Gasteiger partial charge in [-0.15, -0.1) is 0 Å². The van der Waals surface area contributed by atoms with E-state index >= 15 is 0 Å². The molecule has 0 fully saturated rings. The van der Waals surface area contributed by atoms with Gasteiger partial charge in [-0.2, -0.15) is 13.5 Å². The van der Waals surface area contributed by atoms with E-state index in [9.17, 15) is 12.8 Å². The SMILES string of the molecule is CNCc1c(S(=O)(=O)Nc2ccc(F)c(Br)c2)n[nH]c1C. The molecule has 0 aliphatic rings. The van der Waals surface area contributed by atoms with Crippen LogP contribution in [-0.4, -0.2) is 25.7 Å². The molecule has 3 N–H and O–H groups in total. The number of anilines is 1. The van der Waals surface area contributed by atoms with Gasteiger partial charge in [-0.3, -0.25) is 9.82 Å². The smallest absolute Gasteiger partial charge is 0.281 e. The molecular weight excluding hydrogens is 363 g/mol. The summed E-state index contributed by atoms with van der Waals surface area (Å²) in [6.45, 7) is 2.11. The van der Waals surface area contributed by atoms with Crippen molar-refractivity contribution in [3.05, 3.63) is 39.7 Å². The Balaban J connectivity index is 2.36. The molecule has 0 atom stereocenters. The van der Waals surface area contributed by atoms with Crippen molar-refractivity contribution in [2.24, 2.45) is 0 Å². The van der Waals surface area contributed by atoms with Crippen LogP contribution in [0.3, 0.4) is 0 Å². The van der Waals surface area contributed by atoms with Gasteiger partial charge in [0.05, 0.1) is 10.2 Å². The number of aryl methyl sites for hydroxylation is 1. The molecule has 0 radical (unpaired) electrons. The van der Waals surface area contributed by atoms with Crippen molar-refractivity contribution in [2.75, 3.05) is 11.8 Å². The van der Waals surface area contributed by atoms with E-state index in [1.165, 1.54) is 18.2 Å². The third kappa shape index (κ3) is 3.42. The van der Waals surface area contributed by atoms with Gasteiger partial charge >= 0.3 is 0 Å². The van der Waals surface area contributed by atoms with Crippen molar-refractivity contribution < 1.29 is 12.8 Å². The first-order valence-corrected chi connectivity index (χ1v) is 8.29. The van der Waals surface area contributed by atoms with Crippen LogP contribution in [0, 0.1) is 12.7 Å². The molecule has 1 aromatic heterocycles. The maximum atomic E-state index is 13.2. The van der Waals surface area contributed by atoms with Crippen LogP contribution < -0.4 is 10.0 Å². The predicted molar refractivity (Wildman–Crippen MR) is 81.0 cm³/mol. The van der Waals surface area contributed by atoms with Crippen LogP contribution >= 0.6 is 15.9 Å². The molecule has 0 amide bonds. The lowest BCUT2D eigenvalue weighted by atomic mass is 10.3. The van der Waals surface area contributed by atoms with Crippen LogP contribution in [0.4, 0.5) is 10.1 Å². The zero-order chi connectivity index (χ0) is 15.6. The average Bonchev–Trinajstić information content (AvgIpc) is 2.77. The van der Waals surface area contributed by atoms with Gasteiger partial charge in [-0.25, -0.2) is 4.39 Å². The molecule has 0 saturated carbocycles. The summed E-state index contributed by atoms with van der Waals surface area (Å²) in [6.07, 6.45) is 0. The van der Waals surface area contributed by atoms with Gasteiger partial charge in [0.1, 0.15) is 5.82 Å². The molecule has 0 bridgehead atoms. The molecule has 0 saturated heterocycles. The molecule has 114 valence electrons. The summed E-state index contributed by atoms with van der Waals surface area (Å²) in [4.78, 5) is 0. The lowest BCUT2D eigenvalue weighted by molar-refractivity contribution is 0.594. The first kappa shape index (κ1) is 15.9. The molecule has 2 rings (SSSR count). The molecule has 0 aliphatic heterocycles. The molecule has 21 heavy (non-hydrogen) atoms. The van der Waals surface area contributed by atoms with Crippen LogP contribution in [0.2, 0.25) is 0 Å². The second-order valence-corrected chi connectivity index (χ2v) is 6.85. The van der Waals surface area contributed by atoms with E-state index in [2.05, 4.69) is 36.2 Å². The lowest BCUT2D eigenvalue weighted by Crippen LogP contribution is -2.17. The first-order valence-electron chi connectivity index (χ1n) is 6.01. The van der Waals surface area contributed by atoms with Crippen LogP contribution in [-0.2, 0) is 16.6 Å². The Morgan fingerprint density at radius 1 is 1.43 bits per heavy atom. The number of halogens is 2. The second-order valence-electron chi connectivity index (χ2n) is 4.40. The van der Waals surface area contributed by atoms with Gasteiger partial charge in [0.25, 0.3) is 10.0 Å². The Hall–Kier alpha value is -1.45. The fraction of sp³-hybridized carbons (Fsp3) is 0.250. The highest BCUT2D eigenvalue weighted by Crippen LogP contribution is 2.23. The van der Waals surface area contributed by atoms with Crippen molar-refractivity contribution in [3.63, 3.8) is 0 Å². The van der Waals surface area contributed by atoms with Crippen molar-refractivity contribution in [1.82, 2.24) is 15.5 Å². The van der Waals surface area contributed by atoms with Crippen LogP contribution in [0.1, 0.15) is 11.3 Å². The number of aromatic amines is 1. The monoisotopic (exact) mass is 376 g/mol. The Morgan fingerprint density at radius 2 is 2.14 bits per heavy atom. The third-order valence-electron chi connectivity index (χ3n) is 2.82. The maximum Gasteiger partial charge on any atom is 0.281 e. The summed E-state index contributed by atoms with van der Waals surface area (Å²) in [5.41, 5.74) is 1.48. The van der Waals surface area contributed by atoms with E-state index in [-0.39, 0.29) is 15.2 Å². The number of H-pyrrole nitrogens is 1. The molecule has 0 aliphatic carbocycles. The number of rotatable bonds is 5. The molecule has 1 heterocycles. The van der Waals surface area contributed by atoms with E-state index in [0.29, 0.717) is 17.8 Å². The lowest BCUT2D eigenvalue weighted by Gasteiger charge is -2.08. The van der Waals surface area contributed by atoms with Crippen molar-refractivity contribution in [1.29, 1.82) is 0 Å². The largest absolute Gasteiger partial charge is 0.316 e. The molecule has 9 heteroatoms. The summed E-state index contributed by atoms with van der Waals surface area (Å²) < 4.78 is 40.5. The van der Waals surface area contributed by atoms with E-state index in [1.807, 2.05) is 0 Å². The van der Waals surface area contributed by atoms with Gasteiger partial charge in [-0.05, 0) is 48.1 Å². The second kappa shape index (κ2) is 6.12. The minimum Gasteiger partial charge on any atom is -0.316 e. The van der Waals surface area contributed by atoms with Gasteiger partial charge < -0.3 is 5.32 Å². The van der Waals surface area contributed by atoms with Crippen molar-refractivity contribution in [3.8, 4) is 0 Å². The van der Waals surface area contributed by atoms with E-state index in [1.54, 1.807) is 14.0 Å². The minimum absolute atomic E-state index is 0.0743. The Morgan fingerprint density at radius 3 is 2.76 bits per heavy atom. The number of nitrogens with zero attached hydrogens (tertiary/aromatic N) is 1. The van der Waals surface area contributed by atoms with Gasteiger partial charge in [-0.1, -0.05) is 0 Å². The number of hydrogen-bond acceptors (Lipinski definition) is 4. The number of nitrogens with one attached hydrogen (secondary N) is 3. The summed E-state index contributed by atoms with van der Waals surface area (Å²) in [5.74, 6) is -0.468. The quantitative estimate of drug-likeness (QED) is 0.745. The standard InChI is InChI=1S/C12H14BrFN4O2S/c1-7-9(6-15-2)12(17-16-7)21(19,20)18-8-3-4-11(14)10(13)5-8/h3-5,15,18H,6H2,1-2H3,(H,16,17). The van der Waals surface area contributed by atoms with Crippen molar-refractivity contribution in [2.45, 2.75) is 18.5 Å². The van der Waals surface area contributed by atoms with Crippen molar-refractivity contribution >= 4 is 31.6 Å². The topological polar surface area (TPSA) is 86.9 Å². The van der Waals surface area contributed by atoms with E-state index in [4.69, 9.17) is 0 Å². The molecule has 1 aromatic carbocycles. The highest BCUT2D eigenvalue weighted by Gasteiger charge is 2.23. The summed E-state index contributed by atoms with van der Waals surface area (Å²) >= 11 is 3.01. The highest BCUT2D eigenvalue weighted by atomic mass is 79.9. The molecule has 6 nitrogen and oxygen atoms in total. The number of hydrogen-bond donors (Lipinski definition) is 3. The molecule has 0 spiro atoms. The molecular formula is C12H14BrFN4O2S. The highest BCUT2D eigenvalue weighted by molar-refractivity contribution is 9.10. The van der Waals surface area contributed by atoms with E-state index < -0.39 is 15.8 Å². The summed E-state index contributed by atoms with van der Waals surface area (Å²) in [6, 6.07) is 3.87. The van der Waals surface area contributed by atoms with Gasteiger partial charge in [0.2, 0.25) is 5.03 Å². The van der Waals surface area contributed by atoms with Crippen LogP contribution in [0.15, 0.2) is 27.7 Å². The number of benzene rings is 1.